The van der Waals surface area contributed by atoms with Gasteiger partial charge in [0.15, 0.2) is 0 Å². The van der Waals surface area contributed by atoms with Gasteiger partial charge in [0.25, 0.3) is 5.91 Å². The van der Waals surface area contributed by atoms with E-state index in [-0.39, 0.29) is 12.0 Å². The molecule has 4 nitrogen and oxygen atoms in total. The van der Waals surface area contributed by atoms with Crippen molar-refractivity contribution in [1.29, 1.82) is 0 Å². The maximum absolute atomic E-state index is 11.8. The van der Waals surface area contributed by atoms with Gasteiger partial charge in [-0.3, -0.25) is 4.79 Å². The Morgan fingerprint density at radius 1 is 1.56 bits per heavy atom. The van der Waals surface area contributed by atoms with Crippen molar-refractivity contribution in [1.82, 2.24) is 0 Å². The molecule has 1 aliphatic heterocycles. The first-order valence-electron chi connectivity index (χ1n) is 5.15. The Balaban J connectivity index is 2.11. The standard InChI is InChI=1S/C11H13ClN2O2/c12-7-3-1-4-8(13)10(7)14-11(15)9-5-2-6-16-9/h1,3-4,9H,2,5-6,13H2,(H,14,15). The number of hydrogen-bond donors (Lipinski definition) is 2. The minimum absolute atomic E-state index is 0.183. The zero-order chi connectivity index (χ0) is 11.5. The fourth-order valence-electron chi connectivity index (χ4n) is 1.66. The van der Waals surface area contributed by atoms with Crippen LogP contribution in [0.15, 0.2) is 18.2 Å². The van der Waals surface area contributed by atoms with Gasteiger partial charge in [-0.25, -0.2) is 0 Å². The number of nitrogens with one attached hydrogen (secondary N) is 1. The second kappa shape index (κ2) is 4.72. The third kappa shape index (κ3) is 2.28. The van der Waals surface area contributed by atoms with Crippen LogP contribution >= 0.6 is 11.6 Å². The zero-order valence-corrected chi connectivity index (χ0v) is 9.46. The number of benzene rings is 1. The molecule has 1 fully saturated rings. The maximum atomic E-state index is 11.8. The highest BCUT2D eigenvalue weighted by molar-refractivity contribution is 6.34. The number of anilines is 2. The van der Waals surface area contributed by atoms with Gasteiger partial charge in [-0.2, -0.15) is 0 Å². The predicted octanol–water partition coefficient (Wildman–Crippen LogP) is 2.04. The summed E-state index contributed by atoms with van der Waals surface area (Å²) in [6.45, 7) is 0.635. The number of hydrogen-bond acceptors (Lipinski definition) is 3. The molecule has 5 heteroatoms. The van der Waals surface area contributed by atoms with Crippen LogP contribution in [0.2, 0.25) is 5.02 Å². The molecule has 0 radical (unpaired) electrons. The molecule has 86 valence electrons. The van der Waals surface area contributed by atoms with Crippen molar-refractivity contribution in [2.24, 2.45) is 0 Å². The number of halogens is 1. The number of carbonyl (C=O) groups excluding carboxylic acids is 1. The summed E-state index contributed by atoms with van der Waals surface area (Å²) in [5.41, 5.74) is 6.65. The van der Waals surface area contributed by atoms with Crippen LogP contribution in [0.4, 0.5) is 11.4 Å². The number of para-hydroxylation sites is 1. The van der Waals surface area contributed by atoms with Crippen molar-refractivity contribution < 1.29 is 9.53 Å². The molecule has 3 N–H and O–H groups in total. The number of nitrogen functional groups attached to an aromatic ring is 1. The summed E-state index contributed by atoms with van der Waals surface area (Å²) in [6, 6.07) is 5.11. The summed E-state index contributed by atoms with van der Waals surface area (Å²) in [7, 11) is 0. The molecule has 1 atom stereocenters. The van der Waals surface area contributed by atoms with Crippen molar-refractivity contribution in [3.8, 4) is 0 Å². The normalized spacial score (nSPS) is 19.7. The molecule has 1 unspecified atom stereocenters. The highest BCUT2D eigenvalue weighted by Gasteiger charge is 2.24. The van der Waals surface area contributed by atoms with E-state index in [4.69, 9.17) is 22.1 Å². The molecule has 1 saturated heterocycles. The van der Waals surface area contributed by atoms with Crippen molar-refractivity contribution in [3.63, 3.8) is 0 Å². The van der Waals surface area contributed by atoms with Crippen LogP contribution < -0.4 is 11.1 Å². The van der Waals surface area contributed by atoms with E-state index in [1.54, 1.807) is 18.2 Å². The Morgan fingerprint density at radius 3 is 3.00 bits per heavy atom. The van der Waals surface area contributed by atoms with Gasteiger partial charge in [0.1, 0.15) is 6.10 Å². The first-order valence-corrected chi connectivity index (χ1v) is 5.53. The van der Waals surface area contributed by atoms with Crippen molar-refractivity contribution in [3.05, 3.63) is 23.2 Å². The molecule has 0 bridgehead atoms. The second-order valence-electron chi connectivity index (χ2n) is 3.69. The largest absolute Gasteiger partial charge is 0.397 e. The third-order valence-corrected chi connectivity index (χ3v) is 2.83. The molecule has 0 aromatic heterocycles. The van der Waals surface area contributed by atoms with E-state index in [9.17, 15) is 4.79 Å². The Kier molecular flexibility index (Phi) is 3.31. The molecule has 1 aromatic rings. The molecule has 1 aromatic carbocycles. The van der Waals surface area contributed by atoms with E-state index in [0.29, 0.717) is 23.0 Å². The molecule has 1 amide bonds. The van der Waals surface area contributed by atoms with Gasteiger partial charge in [0, 0.05) is 6.61 Å². The van der Waals surface area contributed by atoms with Crippen molar-refractivity contribution >= 4 is 28.9 Å². The summed E-state index contributed by atoms with van der Waals surface area (Å²) in [5, 5.41) is 3.14. The highest BCUT2D eigenvalue weighted by atomic mass is 35.5. The van der Waals surface area contributed by atoms with E-state index in [2.05, 4.69) is 5.32 Å². The minimum Gasteiger partial charge on any atom is -0.397 e. The van der Waals surface area contributed by atoms with E-state index in [1.165, 1.54) is 0 Å². The molecule has 1 heterocycles. The van der Waals surface area contributed by atoms with E-state index in [0.717, 1.165) is 12.8 Å². The van der Waals surface area contributed by atoms with Gasteiger partial charge in [-0.15, -0.1) is 0 Å². The average Bonchev–Trinajstić information content (AvgIpc) is 2.76. The van der Waals surface area contributed by atoms with E-state index < -0.39 is 0 Å². The Labute approximate surface area is 98.7 Å². The Bertz CT molecular complexity index is 383. The number of rotatable bonds is 2. The molecule has 0 saturated carbocycles. The molecule has 1 aliphatic rings. The summed E-state index contributed by atoms with van der Waals surface area (Å²) in [6.07, 6.45) is 1.28. The average molecular weight is 241 g/mol. The summed E-state index contributed by atoms with van der Waals surface area (Å²) in [4.78, 5) is 11.8. The first kappa shape index (κ1) is 11.2. The second-order valence-corrected chi connectivity index (χ2v) is 4.10. The predicted molar refractivity (Wildman–Crippen MR) is 63.5 cm³/mol. The minimum atomic E-state index is -0.379. The quantitative estimate of drug-likeness (QED) is 0.778. The number of ether oxygens (including phenoxy) is 1. The van der Waals surface area contributed by atoms with E-state index >= 15 is 0 Å². The fraction of sp³-hybridized carbons (Fsp3) is 0.364. The maximum Gasteiger partial charge on any atom is 0.253 e. The molecule has 16 heavy (non-hydrogen) atoms. The fourth-order valence-corrected chi connectivity index (χ4v) is 1.89. The highest BCUT2D eigenvalue weighted by Crippen LogP contribution is 2.28. The van der Waals surface area contributed by atoms with Gasteiger partial charge in [0.05, 0.1) is 16.4 Å². The Morgan fingerprint density at radius 2 is 2.38 bits per heavy atom. The molecular weight excluding hydrogens is 228 g/mol. The SMILES string of the molecule is Nc1cccc(Cl)c1NC(=O)C1CCCO1. The van der Waals surface area contributed by atoms with Crippen LogP contribution in [0.3, 0.4) is 0 Å². The summed E-state index contributed by atoms with van der Waals surface area (Å²) >= 11 is 5.94. The van der Waals surface area contributed by atoms with Crippen molar-refractivity contribution in [2.45, 2.75) is 18.9 Å². The van der Waals surface area contributed by atoms with E-state index in [1.807, 2.05) is 0 Å². The third-order valence-electron chi connectivity index (χ3n) is 2.52. The van der Waals surface area contributed by atoms with Crippen LogP contribution in [-0.2, 0) is 9.53 Å². The number of nitrogens with two attached hydrogens (primary N) is 1. The van der Waals surface area contributed by atoms with Gasteiger partial charge in [-0.05, 0) is 25.0 Å². The van der Waals surface area contributed by atoms with Gasteiger partial charge in [0.2, 0.25) is 0 Å². The lowest BCUT2D eigenvalue weighted by atomic mass is 10.2. The topological polar surface area (TPSA) is 64.3 Å². The van der Waals surface area contributed by atoms with Gasteiger partial charge < -0.3 is 15.8 Å². The molecular formula is C11H13ClN2O2. The molecule has 0 spiro atoms. The molecule has 0 aliphatic carbocycles. The first-order chi connectivity index (χ1) is 7.68. The summed E-state index contributed by atoms with van der Waals surface area (Å²) < 4.78 is 5.27. The van der Waals surface area contributed by atoms with Gasteiger partial charge in [-0.1, -0.05) is 17.7 Å². The lowest BCUT2D eigenvalue weighted by molar-refractivity contribution is -0.124. The Hall–Kier alpha value is -1.26. The van der Waals surface area contributed by atoms with Crippen LogP contribution in [0.25, 0.3) is 0 Å². The van der Waals surface area contributed by atoms with Crippen LogP contribution in [0, 0.1) is 0 Å². The zero-order valence-electron chi connectivity index (χ0n) is 8.70. The molecule has 2 rings (SSSR count). The van der Waals surface area contributed by atoms with Gasteiger partial charge >= 0.3 is 0 Å². The smallest absolute Gasteiger partial charge is 0.253 e. The van der Waals surface area contributed by atoms with Crippen LogP contribution in [0.5, 0.6) is 0 Å². The van der Waals surface area contributed by atoms with Crippen molar-refractivity contribution in [2.75, 3.05) is 17.7 Å². The lowest BCUT2D eigenvalue weighted by Crippen LogP contribution is -2.27. The summed E-state index contributed by atoms with van der Waals surface area (Å²) in [5.74, 6) is -0.183. The van der Waals surface area contributed by atoms with Crippen LogP contribution in [0.1, 0.15) is 12.8 Å². The monoisotopic (exact) mass is 240 g/mol. The lowest BCUT2D eigenvalue weighted by Gasteiger charge is -2.13. The number of carbonyl (C=O) groups is 1. The van der Waals surface area contributed by atoms with Crippen LogP contribution in [-0.4, -0.2) is 18.6 Å². The number of amides is 1.